The van der Waals surface area contributed by atoms with E-state index in [0.717, 1.165) is 5.56 Å². The predicted octanol–water partition coefficient (Wildman–Crippen LogP) is 2.04. The van der Waals surface area contributed by atoms with E-state index in [4.69, 9.17) is 52.0 Å². The number of aliphatic imine (C=N–C) groups is 1. The third-order valence-electron chi connectivity index (χ3n) is 2.70. The number of nitrogens with one attached hydrogen (secondary N) is 1. The van der Waals surface area contributed by atoms with Crippen molar-refractivity contribution in [3.8, 4) is 0 Å². The van der Waals surface area contributed by atoms with E-state index in [-0.39, 0.29) is 22.5 Å². The number of amides is 1. The first-order valence-electron chi connectivity index (χ1n) is 6.42. The van der Waals surface area contributed by atoms with Gasteiger partial charge in [-0.1, -0.05) is 34.8 Å². The van der Waals surface area contributed by atoms with Crippen LogP contribution in [0.1, 0.15) is 16.1 Å². The van der Waals surface area contributed by atoms with Gasteiger partial charge in [0, 0.05) is 16.6 Å². The van der Waals surface area contributed by atoms with Crippen molar-refractivity contribution in [1.82, 2.24) is 9.97 Å². The monoisotopic (exact) mass is 387 g/mol. The van der Waals surface area contributed by atoms with Crippen molar-refractivity contribution >= 4 is 58.3 Å². The van der Waals surface area contributed by atoms with Crippen molar-refractivity contribution in [2.75, 3.05) is 11.1 Å². The summed E-state index contributed by atoms with van der Waals surface area (Å²) < 4.78 is 0. The van der Waals surface area contributed by atoms with Gasteiger partial charge in [0.25, 0.3) is 0 Å². The molecule has 0 fully saturated rings. The number of carbonyl (C=O) groups is 1. The Hall–Kier alpha value is -2.29. The number of rotatable bonds is 4. The normalized spacial score (nSPS) is 10.3. The molecule has 0 aliphatic carbocycles. The zero-order valence-electron chi connectivity index (χ0n) is 12.1. The third-order valence-corrected chi connectivity index (χ3v) is 3.40. The van der Waals surface area contributed by atoms with Crippen molar-refractivity contribution in [3.05, 3.63) is 44.7 Å². The number of aromatic nitrogens is 2. The Bertz CT molecular complexity index is 801. The van der Waals surface area contributed by atoms with E-state index in [1.54, 1.807) is 18.2 Å². The summed E-state index contributed by atoms with van der Waals surface area (Å²) in [6.45, 7) is 0.315. The summed E-state index contributed by atoms with van der Waals surface area (Å²) in [7, 11) is 0. The summed E-state index contributed by atoms with van der Waals surface area (Å²) in [6, 6.07) is 5.06. The zero-order valence-corrected chi connectivity index (χ0v) is 14.3. The third kappa shape index (κ3) is 4.60. The second-order valence-electron chi connectivity index (χ2n) is 4.57. The highest BCUT2D eigenvalue weighted by Crippen LogP contribution is 2.23. The molecule has 8 nitrogen and oxygen atoms in total. The van der Waals surface area contributed by atoms with Crippen molar-refractivity contribution in [1.29, 1.82) is 0 Å². The molecule has 1 aromatic carbocycles. The van der Waals surface area contributed by atoms with Crippen LogP contribution in [0.4, 0.5) is 11.6 Å². The second-order valence-corrected chi connectivity index (χ2v) is 5.80. The van der Waals surface area contributed by atoms with Gasteiger partial charge in [0.15, 0.2) is 28.4 Å². The van der Waals surface area contributed by atoms with Crippen LogP contribution in [-0.4, -0.2) is 21.8 Å². The smallest absolute Gasteiger partial charge is 0.302 e. The number of guanidine groups is 1. The second kappa shape index (κ2) is 7.52. The molecule has 24 heavy (non-hydrogen) atoms. The van der Waals surface area contributed by atoms with E-state index in [1.165, 1.54) is 0 Å². The number of halogens is 3. The fourth-order valence-corrected chi connectivity index (χ4v) is 2.53. The molecule has 11 heteroatoms. The van der Waals surface area contributed by atoms with Gasteiger partial charge in [-0.25, -0.2) is 9.97 Å². The number of nitrogens with zero attached hydrogens (tertiary/aromatic N) is 3. The lowest BCUT2D eigenvalue weighted by atomic mass is 10.2. The van der Waals surface area contributed by atoms with Gasteiger partial charge in [0.05, 0.1) is 0 Å². The van der Waals surface area contributed by atoms with Crippen molar-refractivity contribution in [2.24, 2.45) is 16.5 Å². The molecule has 126 valence electrons. The molecule has 0 unspecified atom stereocenters. The SMILES string of the molecule is NC(N)=NC(=O)c1nc(Cl)c(NCc2cc(Cl)cc(Cl)c2)nc1N. The highest BCUT2D eigenvalue weighted by atomic mass is 35.5. The number of hydrogen-bond acceptors (Lipinski definition) is 5. The van der Waals surface area contributed by atoms with Crippen molar-refractivity contribution in [3.63, 3.8) is 0 Å². The first-order valence-corrected chi connectivity index (χ1v) is 7.55. The maximum absolute atomic E-state index is 11.8. The fourth-order valence-electron chi connectivity index (χ4n) is 1.77. The molecule has 1 heterocycles. The van der Waals surface area contributed by atoms with Crippen molar-refractivity contribution in [2.45, 2.75) is 6.54 Å². The van der Waals surface area contributed by atoms with E-state index in [2.05, 4.69) is 20.3 Å². The van der Waals surface area contributed by atoms with Gasteiger partial charge < -0.3 is 22.5 Å². The topological polar surface area (TPSA) is 145 Å². The highest BCUT2D eigenvalue weighted by molar-refractivity contribution is 6.34. The van der Waals surface area contributed by atoms with Crippen LogP contribution in [0.25, 0.3) is 0 Å². The van der Waals surface area contributed by atoms with Gasteiger partial charge in [0.2, 0.25) is 0 Å². The quantitative estimate of drug-likeness (QED) is 0.463. The van der Waals surface area contributed by atoms with Gasteiger partial charge in [-0.15, -0.1) is 0 Å². The van der Waals surface area contributed by atoms with Crippen LogP contribution in [0.5, 0.6) is 0 Å². The Labute approximate surface area is 152 Å². The molecule has 0 saturated heterocycles. The molecule has 0 spiro atoms. The predicted molar refractivity (Wildman–Crippen MR) is 95.4 cm³/mol. The molecular formula is C13H12Cl3N7O. The molecule has 0 saturated carbocycles. The number of carbonyl (C=O) groups excluding carboxylic acids is 1. The summed E-state index contributed by atoms with van der Waals surface area (Å²) in [4.78, 5) is 23.0. The number of hydrogen-bond donors (Lipinski definition) is 4. The number of nitrogen functional groups attached to an aromatic ring is 1. The Balaban J connectivity index is 2.21. The lowest BCUT2D eigenvalue weighted by Gasteiger charge is -2.10. The maximum atomic E-state index is 11.8. The van der Waals surface area contributed by atoms with E-state index in [0.29, 0.717) is 16.6 Å². The van der Waals surface area contributed by atoms with E-state index in [1.807, 2.05) is 0 Å². The van der Waals surface area contributed by atoms with Gasteiger partial charge in [0.1, 0.15) is 0 Å². The largest absolute Gasteiger partial charge is 0.382 e. The van der Waals surface area contributed by atoms with Gasteiger partial charge in [-0.3, -0.25) is 4.79 Å². The number of benzene rings is 1. The van der Waals surface area contributed by atoms with Crippen LogP contribution in [0, 0.1) is 0 Å². The van der Waals surface area contributed by atoms with Crippen molar-refractivity contribution < 1.29 is 4.79 Å². The molecule has 0 radical (unpaired) electrons. The molecule has 0 bridgehead atoms. The Morgan fingerprint density at radius 2 is 1.75 bits per heavy atom. The fraction of sp³-hybridized carbons (Fsp3) is 0.0769. The first-order chi connectivity index (χ1) is 11.3. The Morgan fingerprint density at radius 1 is 1.12 bits per heavy atom. The average Bonchev–Trinajstić information content (AvgIpc) is 2.46. The zero-order chi connectivity index (χ0) is 17.9. The number of nitrogens with two attached hydrogens (primary N) is 3. The number of anilines is 2. The Kier molecular flexibility index (Phi) is 5.66. The molecule has 1 aromatic heterocycles. The molecule has 2 rings (SSSR count). The minimum Gasteiger partial charge on any atom is -0.382 e. The lowest BCUT2D eigenvalue weighted by molar-refractivity contribution is 0.0998. The van der Waals surface area contributed by atoms with Crippen LogP contribution >= 0.6 is 34.8 Å². The van der Waals surface area contributed by atoms with E-state index in [9.17, 15) is 4.79 Å². The first kappa shape index (κ1) is 18.1. The molecule has 7 N–H and O–H groups in total. The summed E-state index contributed by atoms with van der Waals surface area (Å²) in [5, 5.41) is 3.86. The van der Waals surface area contributed by atoms with Gasteiger partial charge in [-0.2, -0.15) is 4.99 Å². The molecule has 2 aromatic rings. The standard InChI is InChI=1S/C13H12Cl3N7O/c14-6-1-5(2-7(15)3-6)4-20-11-9(16)21-8(10(17)22-11)12(24)23-13(18)19/h1-3H,4H2,(H3,17,20,22)(H4,18,19,23,24). The summed E-state index contributed by atoms with van der Waals surface area (Å²) >= 11 is 17.9. The summed E-state index contributed by atoms with van der Waals surface area (Å²) in [6.07, 6.45) is 0. The minimum atomic E-state index is -0.838. The van der Waals surface area contributed by atoms with Crippen LogP contribution in [0.3, 0.4) is 0 Å². The van der Waals surface area contributed by atoms with Gasteiger partial charge in [-0.05, 0) is 23.8 Å². The van der Waals surface area contributed by atoms with Crippen LogP contribution in [0.2, 0.25) is 15.2 Å². The maximum Gasteiger partial charge on any atom is 0.302 e. The highest BCUT2D eigenvalue weighted by Gasteiger charge is 2.16. The Morgan fingerprint density at radius 3 is 2.33 bits per heavy atom. The minimum absolute atomic E-state index is 0.0635. The summed E-state index contributed by atoms with van der Waals surface area (Å²) in [5.74, 6) is -1.24. The molecule has 0 aliphatic heterocycles. The molecular weight excluding hydrogens is 377 g/mol. The van der Waals surface area contributed by atoms with E-state index >= 15 is 0 Å². The summed E-state index contributed by atoms with van der Waals surface area (Å²) in [5.41, 5.74) is 16.5. The van der Waals surface area contributed by atoms with Crippen LogP contribution in [0.15, 0.2) is 23.2 Å². The van der Waals surface area contributed by atoms with Crippen LogP contribution in [-0.2, 0) is 6.54 Å². The molecule has 0 aliphatic rings. The van der Waals surface area contributed by atoms with Crippen LogP contribution < -0.4 is 22.5 Å². The van der Waals surface area contributed by atoms with Gasteiger partial charge >= 0.3 is 5.91 Å². The lowest BCUT2D eigenvalue weighted by Crippen LogP contribution is -2.24. The molecule has 1 amide bonds. The average molecular weight is 389 g/mol. The molecule has 0 atom stereocenters. The van der Waals surface area contributed by atoms with E-state index < -0.39 is 11.9 Å².